The van der Waals surface area contributed by atoms with Gasteiger partial charge in [0.15, 0.2) is 0 Å². The molecule has 4 heteroatoms. The molecule has 0 aromatic carbocycles. The Hall–Kier alpha value is 2.57. The van der Waals surface area contributed by atoms with Crippen LogP contribution in [-0.2, 0) is 44.3 Å². The van der Waals surface area contributed by atoms with Gasteiger partial charge in [-0.2, -0.15) is 0 Å². The van der Waals surface area contributed by atoms with Crippen molar-refractivity contribution in [2.45, 2.75) is 0 Å². The molecule has 0 bridgehead atoms. The maximum Gasteiger partial charge on any atom is 4.00 e. The Kier molecular flexibility index (Phi) is 136. The fourth-order valence-electron chi connectivity index (χ4n) is 0. The van der Waals surface area contributed by atoms with Crippen molar-refractivity contribution in [2.75, 3.05) is 0 Å². The minimum atomic E-state index is 0. The summed E-state index contributed by atoms with van der Waals surface area (Å²) in [5, 5.41) is 0. The van der Waals surface area contributed by atoms with Crippen LogP contribution in [0.25, 0.3) is 0 Å². The van der Waals surface area contributed by atoms with Crippen LogP contribution >= 0.6 is 0 Å². The van der Waals surface area contributed by atoms with Crippen LogP contribution in [-0.4, -0.2) is 0 Å². The molecule has 0 aromatic heterocycles. The van der Waals surface area contributed by atoms with Gasteiger partial charge in [0, 0.05) is 0 Å². The molecular weight excluding hydrogens is 268 g/mol. The normalized spacial score (nSPS) is 0. The molecule has 1 nitrogen and oxygen atoms in total. The Balaban J connectivity index is 0. The predicted molar refractivity (Wildman–Crippen MR) is 0.686 cm³/mol. The summed E-state index contributed by atoms with van der Waals surface area (Å²) >= 11 is 0. The monoisotopic (exact) mass is 267 g/mol. The number of hydrogen-bond acceptors (Lipinski definition) is 0. The number of hydrogen-bond donors (Lipinski definition) is 0. The van der Waals surface area contributed by atoms with Crippen molar-refractivity contribution >= 4 is 0 Å². The summed E-state index contributed by atoms with van der Waals surface area (Å²) in [5.74, 6) is 0. The van der Waals surface area contributed by atoms with Crippen LogP contribution in [0.1, 0.15) is 0 Å². The van der Waals surface area contributed by atoms with Gasteiger partial charge in [-0.3, -0.25) is 0 Å². The fourth-order valence-corrected chi connectivity index (χ4v) is 0. The third kappa shape index (κ3) is 8.82. The summed E-state index contributed by atoms with van der Waals surface area (Å²) in [5.41, 5.74) is 0. The van der Waals surface area contributed by atoms with Gasteiger partial charge in [-0.05, 0) is 0 Å². The van der Waals surface area contributed by atoms with E-state index in [1.807, 2.05) is 0 Å². The molecule has 0 atom stereocenters. The first-order chi connectivity index (χ1) is 0. The zero-order valence-corrected chi connectivity index (χ0v) is 7.35. The van der Waals surface area contributed by atoms with Gasteiger partial charge in [0.05, 0.1) is 0 Å². The molecule has 2 radical (unpaired) electrons. The van der Waals surface area contributed by atoms with E-state index < -0.39 is 0 Å². The predicted octanol–water partition coefficient (Wildman–Crippen LogP) is -0.124. The third-order valence-electron chi connectivity index (χ3n) is 0. The van der Waals surface area contributed by atoms with E-state index in [1.54, 1.807) is 0 Å². The second kappa shape index (κ2) is 17.6. The Morgan fingerprint density at radius 2 is 1.00 bits per heavy atom. The molecule has 4 heavy (non-hydrogen) atoms. The summed E-state index contributed by atoms with van der Waals surface area (Å²) in [6, 6.07) is 0. The standard InChI is InChI=1S/Ce.Cu.O.Ti/q+3;+2;-2;+4. The van der Waals surface area contributed by atoms with Gasteiger partial charge in [0.2, 0.25) is 0 Å². The first kappa shape index (κ1) is 30.9. The molecule has 0 heterocycles. The summed E-state index contributed by atoms with van der Waals surface area (Å²) in [4.78, 5) is 0. The van der Waals surface area contributed by atoms with Crippen molar-refractivity contribution in [1.29, 1.82) is 0 Å². The van der Waals surface area contributed by atoms with Gasteiger partial charge in [0.25, 0.3) is 0 Å². The van der Waals surface area contributed by atoms with E-state index in [4.69, 9.17) is 0 Å². The molecule has 0 spiro atoms. The van der Waals surface area contributed by atoms with Gasteiger partial charge in [-0.15, -0.1) is 0 Å². The third-order valence-corrected chi connectivity index (χ3v) is 0. The molecule has 0 aromatic rings. The second-order valence-corrected chi connectivity index (χ2v) is 0. The molecule has 0 N–H and O–H groups in total. The van der Waals surface area contributed by atoms with Gasteiger partial charge in [-0.1, -0.05) is 0 Å². The van der Waals surface area contributed by atoms with Crippen LogP contribution in [0.5, 0.6) is 0 Å². The van der Waals surface area contributed by atoms with E-state index in [1.165, 1.54) is 0 Å². The minimum Gasteiger partial charge on any atom is -2.00 e. The van der Waals surface area contributed by atoms with Gasteiger partial charge >= 0.3 is 80.5 Å². The summed E-state index contributed by atoms with van der Waals surface area (Å²) in [7, 11) is 0. The van der Waals surface area contributed by atoms with E-state index in [-0.39, 0.29) is 86.0 Å². The zero-order chi connectivity index (χ0) is 0. The van der Waals surface area contributed by atoms with Crippen LogP contribution in [0.15, 0.2) is 0 Å². The average molecular weight is 268 g/mol. The zero-order valence-electron chi connectivity index (χ0n) is 1.71. The first-order valence-electron chi connectivity index (χ1n) is 0. The smallest absolute Gasteiger partial charge is 2.00 e. The van der Waals surface area contributed by atoms with E-state index >= 15 is 0 Å². The quantitative estimate of drug-likeness (QED) is 0.548. The van der Waals surface area contributed by atoms with Crippen molar-refractivity contribution in [3.8, 4) is 0 Å². The van der Waals surface area contributed by atoms with Gasteiger partial charge in [-0.25, -0.2) is 0 Å². The van der Waals surface area contributed by atoms with Crippen LogP contribution in [0, 0.1) is 41.7 Å². The second-order valence-electron chi connectivity index (χ2n) is 0. The maximum atomic E-state index is 0. The van der Waals surface area contributed by atoms with E-state index in [2.05, 4.69) is 0 Å². The average Bonchev–Trinajstić information content (AvgIpc) is 0. The summed E-state index contributed by atoms with van der Waals surface area (Å²) in [6.07, 6.45) is 0. The van der Waals surface area contributed by atoms with Crippen LogP contribution in [0.2, 0.25) is 0 Å². The van der Waals surface area contributed by atoms with Crippen LogP contribution < -0.4 is 0 Å². The maximum absolute atomic E-state index is 0. The molecule has 0 amide bonds. The summed E-state index contributed by atoms with van der Waals surface area (Å²) < 4.78 is 0. The Morgan fingerprint density at radius 1 is 1.00 bits per heavy atom. The molecule has 0 unspecified atom stereocenters. The van der Waals surface area contributed by atoms with Crippen molar-refractivity contribution in [3.63, 3.8) is 0 Å². The molecule has 0 aliphatic heterocycles. The van der Waals surface area contributed by atoms with Crippen LogP contribution in [0.3, 0.4) is 0 Å². The van der Waals surface area contributed by atoms with Gasteiger partial charge in [0.1, 0.15) is 0 Å². The largest absolute Gasteiger partial charge is 4.00 e. The van der Waals surface area contributed by atoms with Crippen LogP contribution in [0.4, 0.5) is 0 Å². The van der Waals surface area contributed by atoms with Gasteiger partial charge < -0.3 is 5.48 Å². The van der Waals surface area contributed by atoms with E-state index in [9.17, 15) is 0 Å². The minimum absolute atomic E-state index is 0. The van der Waals surface area contributed by atoms with Crippen molar-refractivity contribution < 1.29 is 86.0 Å². The molecule has 18 valence electrons. The van der Waals surface area contributed by atoms with Crippen molar-refractivity contribution in [3.05, 3.63) is 0 Å². The molecular formula is CeCuOTi+7. The topological polar surface area (TPSA) is 28.5 Å². The molecule has 0 aliphatic carbocycles. The molecule has 0 rings (SSSR count). The molecule has 0 saturated carbocycles. The fraction of sp³-hybridized carbons (Fsp3) is 0. The number of rotatable bonds is 0. The molecule has 0 saturated heterocycles. The molecule has 0 aliphatic rings. The van der Waals surface area contributed by atoms with Crippen molar-refractivity contribution in [1.82, 2.24) is 0 Å². The summed E-state index contributed by atoms with van der Waals surface area (Å²) in [6.45, 7) is 0. The first-order valence-corrected chi connectivity index (χ1v) is 0. The SMILES string of the molecule is [Ce+3].[Cu+2].[O-2].[Ti+4]. The van der Waals surface area contributed by atoms with Crippen molar-refractivity contribution in [2.24, 2.45) is 0 Å². The Morgan fingerprint density at radius 3 is 1.00 bits per heavy atom. The van der Waals surface area contributed by atoms with E-state index in [0.717, 1.165) is 0 Å². The Bertz CT molecular complexity index is 8.00. The van der Waals surface area contributed by atoms with E-state index in [0.29, 0.717) is 0 Å². The Labute approximate surface area is 84.3 Å². The molecule has 0 fully saturated rings.